The predicted molar refractivity (Wildman–Crippen MR) is 95.9 cm³/mol. The number of hydrogen-bond acceptors (Lipinski definition) is 3. The normalized spacial score (nSPS) is 11.3. The van der Waals surface area contributed by atoms with Gasteiger partial charge < -0.3 is 5.32 Å². The molecule has 0 aliphatic rings. The van der Waals surface area contributed by atoms with Gasteiger partial charge in [-0.2, -0.15) is 0 Å². The van der Waals surface area contributed by atoms with E-state index in [4.69, 9.17) is 11.6 Å². The van der Waals surface area contributed by atoms with E-state index in [1.807, 2.05) is 13.8 Å². The van der Waals surface area contributed by atoms with E-state index >= 15 is 0 Å². The van der Waals surface area contributed by atoms with Crippen LogP contribution in [0, 0.1) is 5.92 Å². The maximum absolute atomic E-state index is 12.5. The Bertz CT molecular complexity index is 818. The summed E-state index contributed by atoms with van der Waals surface area (Å²) in [4.78, 5) is 12.1. The molecule has 24 heavy (non-hydrogen) atoms. The molecule has 0 saturated heterocycles. The van der Waals surface area contributed by atoms with E-state index in [0.717, 1.165) is 0 Å². The number of benzene rings is 2. The summed E-state index contributed by atoms with van der Waals surface area (Å²) < 4.78 is 27.4. The lowest BCUT2D eigenvalue weighted by Crippen LogP contribution is -2.27. The van der Waals surface area contributed by atoms with Crippen LogP contribution in [0.4, 0.5) is 5.69 Å². The van der Waals surface area contributed by atoms with E-state index in [1.165, 1.54) is 12.1 Å². The Morgan fingerprint density at radius 1 is 1.12 bits per heavy atom. The molecule has 7 heteroatoms. The molecule has 128 valence electrons. The lowest BCUT2D eigenvalue weighted by atomic mass is 10.2. The van der Waals surface area contributed by atoms with E-state index in [0.29, 0.717) is 28.7 Å². The van der Waals surface area contributed by atoms with Crippen LogP contribution in [-0.4, -0.2) is 20.9 Å². The first-order valence-corrected chi connectivity index (χ1v) is 9.31. The van der Waals surface area contributed by atoms with Gasteiger partial charge in [-0.1, -0.05) is 31.5 Å². The molecule has 0 fully saturated rings. The molecule has 0 unspecified atom stereocenters. The smallest absolute Gasteiger partial charge is 0.261 e. The third kappa shape index (κ3) is 4.97. The van der Waals surface area contributed by atoms with Crippen molar-refractivity contribution in [2.24, 2.45) is 5.92 Å². The van der Waals surface area contributed by atoms with Gasteiger partial charge in [-0.25, -0.2) is 8.42 Å². The van der Waals surface area contributed by atoms with E-state index < -0.39 is 10.0 Å². The average molecular weight is 367 g/mol. The van der Waals surface area contributed by atoms with Gasteiger partial charge in [0.1, 0.15) is 0 Å². The Hall–Kier alpha value is -2.05. The Kier molecular flexibility index (Phi) is 5.85. The second-order valence-electron chi connectivity index (χ2n) is 5.74. The highest BCUT2D eigenvalue weighted by molar-refractivity contribution is 7.92. The van der Waals surface area contributed by atoms with Crippen LogP contribution < -0.4 is 10.0 Å². The highest BCUT2D eigenvalue weighted by Gasteiger charge is 2.16. The topological polar surface area (TPSA) is 75.3 Å². The predicted octanol–water partition coefficient (Wildman–Crippen LogP) is 3.53. The first-order valence-electron chi connectivity index (χ1n) is 7.44. The number of rotatable bonds is 6. The largest absolute Gasteiger partial charge is 0.352 e. The van der Waals surface area contributed by atoms with Crippen LogP contribution in [0.2, 0.25) is 5.02 Å². The molecule has 0 saturated carbocycles. The summed E-state index contributed by atoms with van der Waals surface area (Å²) in [6, 6.07) is 12.2. The molecule has 0 radical (unpaired) electrons. The number of nitrogens with one attached hydrogen (secondary N) is 2. The minimum absolute atomic E-state index is 0.0228. The van der Waals surface area contributed by atoms with Gasteiger partial charge in [-0.15, -0.1) is 0 Å². The van der Waals surface area contributed by atoms with Gasteiger partial charge in [-0.3, -0.25) is 9.52 Å². The summed E-state index contributed by atoms with van der Waals surface area (Å²) in [5, 5.41) is 3.28. The molecule has 0 spiro atoms. The molecular weight excluding hydrogens is 348 g/mol. The van der Waals surface area contributed by atoms with Gasteiger partial charge in [0, 0.05) is 22.8 Å². The number of sulfonamides is 1. The zero-order valence-corrected chi connectivity index (χ0v) is 15.0. The molecule has 0 aromatic heterocycles. The van der Waals surface area contributed by atoms with Gasteiger partial charge in [0.05, 0.1) is 4.90 Å². The van der Waals surface area contributed by atoms with Crippen molar-refractivity contribution in [2.45, 2.75) is 18.7 Å². The third-order valence-corrected chi connectivity index (χ3v) is 4.80. The van der Waals surface area contributed by atoms with E-state index in [2.05, 4.69) is 10.0 Å². The number of carbonyl (C=O) groups is 1. The number of hydrogen-bond donors (Lipinski definition) is 2. The van der Waals surface area contributed by atoms with Crippen LogP contribution >= 0.6 is 11.6 Å². The van der Waals surface area contributed by atoms with Crippen molar-refractivity contribution in [1.29, 1.82) is 0 Å². The summed E-state index contributed by atoms with van der Waals surface area (Å²) in [7, 11) is -3.79. The lowest BCUT2D eigenvalue weighted by molar-refractivity contribution is 0.0949. The first kappa shape index (κ1) is 18.3. The lowest BCUT2D eigenvalue weighted by Gasteiger charge is -2.11. The van der Waals surface area contributed by atoms with Crippen molar-refractivity contribution in [1.82, 2.24) is 5.32 Å². The molecule has 0 atom stereocenters. The van der Waals surface area contributed by atoms with Gasteiger partial charge >= 0.3 is 0 Å². The Balaban J connectivity index is 2.20. The average Bonchev–Trinajstić information content (AvgIpc) is 2.54. The molecule has 0 aliphatic heterocycles. The fraction of sp³-hybridized carbons (Fsp3) is 0.235. The van der Waals surface area contributed by atoms with E-state index in [-0.39, 0.29) is 10.8 Å². The van der Waals surface area contributed by atoms with E-state index in [1.54, 1.807) is 36.4 Å². The SMILES string of the molecule is CC(C)CNC(=O)c1cccc(S(=O)(=O)Nc2ccc(Cl)cc2)c1. The molecular formula is C17H19ClN2O3S. The van der Waals surface area contributed by atoms with Crippen LogP contribution in [0.3, 0.4) is 0 Å². The number of halogens is 1. The van der Waals surface area contributed by atoms with Gasteiger partial charge in [0.15, 0.2) is 0 Å². The van der Waals surface area contributed by atoms with Crippen molar-refractivity contribution in [3.8, 4) is 0 Å². The fourth-order valence-corrected chi connectivity index (χ4v) is 3.17. The van der Waals surface area contributed by atoms with Crippen LogP contribution in [0.25, 0.3) is 0 Å². The second-order valence-corrected chi connectivity index (χ2v) is 7.86. The second kappa shape index (κ2) is 7.68. The Labute approximate surface area is 147 Å². The summed E-state index contributed by atoms with van der Waals surface area (Å²) in [5.74, 6) is 0.0136. The summed E-state index contributed by atoms with van der Waals surface area (Å²) in [5.41, 5.74) is 0.698. The van der Waals surface area contributed by atoms with Crippen molar-refractivity contribution in [3.05, 3.63) is 59.1 Å². The van der Waals surface area contributed by atoms with Gasteiger partial charge in [0.25, 0.3) is 15.9 Å². The molecule has 0 heterocycles. The zero-order valence-electron chi connectivity index (χ0n) is 13.4. The minimum Gasteiger partial charge on any atom is -0.352 e. The Morgan fingerprint density at radius 2 is 1.79 bits per heavy atom. The quantitative estimate of drug-likeness (QED) is 0.821. The first-order chi connectivity index (χ1) is 11.3. The highest BCUT2D eigenvalue weighted by atomic mass is 35.5. The zero-order chi connectivity index (χ0) is 17.7. The Morgan fingerprint density at radius 3 is 2.42 bits per heavy atom. The summed E-state index contributed by atoms with van der Waals surface area (Å²) in [6.45, 7) is 4.49. The number of anilines is 1. The maximum atomic E-state index is 12.5. The molecule has 0 bridgehead atoms. The van der Waals surface area contributed by atoms with Gasteiger partial charge in [0.2, 0.25) is 0 Å². The number of carbonyl (C=O) groups excluding carboxylic acids is 1. The molecule has 2 N–H and O–H groups in total. The fourth-order valence-electron chi connectivity index (χ4n) is 1.94. The van der Waals surface area contributed by atoms with Crippen molar-refractivity contribution < 1.29 is 13.2 Å². The highest BCUT2D eigenvalue weighted by Crippen LogP contribution is 2.19. The van der Waals surface area contributed by atoms with Crippen LogP contribution in [-0.2, 0) is 10.0 Å². The summed E-state index contributed by atoms with van der Waals surface area (Å²) in [6.07, 6.45) is 0. The summed E-state index contributed by atoms with van der Waals surface area (Å²) >= 11 is 5.79. The van der Waals surface area contributed by atoms with Crippen LogP contribution in [0.5, 0.6) is 0 Å². The van der Waals surface area contributed by atoms with Crippen LogP contribution in [0.1, 0.15) is 24.2 Å². The molecule has 2 rings (SSSR count). The molecule has 2 aromatic rings. The molecule has 0 aliphatic carbocycles. The van der Waals surface area contributed by atoms with Crippen molar-refractivity contribution >= 4 is 33.2 Å². The van der Waals surface area contributed by atoms with Crippen molar-refractivity contribution in [3.63, 3.8) is 0 Å². The molecule has 5 nitrogen and oxygen atoms in total. The van der Waals surface area contributed by atoms with E-state index in [9.17, 15) is 13.2 Å². The number of amides is 1. The molecule has 2 aromatic carbocycles. The van der Waals surface area contributed by atoms with Crippen molar-refractivity contribution in [2.75, 3.05) is 11.3 Å². The van der Waals surface area contributed by atoms with Gasteiger partial charge in [-0.05, 0) is 48.4 Å². The molecule has 1 amide bonds. The third-order valence-electron chi connectivity index (χ3n) is 3.17. The monoisotopic (exact) mass is 366 g/mol. The van der Waals surface area contributed by atoms with Crippen LogP contribution in [0.15, 0.2) is 53.4 Å². The standard InChI is InChI=1S/C17H19ClN2O3S/c1-12(2)11-19-17(21)13-4-3-5-16(10-13)24(22,23)20-15-8-6-14(18)7-9-15/h3-10,12,20H,11H2,1-2H3,(H,19,21). The minimum atomic E-state index is -3.79. The maximum Gasteiger partial charge on any atom is 0.261 e.